The largest absolute Gasteiger partial charge is 0.508 e. The highest BCUT2D eigenvalue weighted by molar-refractivity contribution is 14.0. The number of rotatable bonds is 9. The van der Waals surface area contributed by atoms with Gasteiger partial charge in [0.1, 0.15) is 18.1 Å². The molecule has 0 saturated heterocycles. The lowest BCUT2D eigenvalue weighted by atomic mass is 10.1. The molecule has 0 spiro atoms. The van der Waals surface area contributed by atoms with Gasteiger partial charge < -0.3 is 20.5 Å². The van der Waals surface area contributed by atoms with Crippen LogP contribution in [0.5, 0.6) is 11.5 Å². The van der Waals surface area contributed by atoms with Crippen molar-refractivity contribution in [2.24, 2.45) is 4.99 Å². The van der Waals surface area contributed by atoms with Crippen LogP contribution in [0.25, 0.3) is 0 Å². The predicted octanol–water partition coefficient (Wildman–Crippen LogP) is 3.58. The first-order valence-corrected chi connectivity index (χ1v) is 8.76. The summed E-state index contributed by atoms with van der Waals surface area (Å²) in [4.78, 5) is 4.58. The van der Waals surface area contributed by atoms with Gasteiger partial charge in [0.25, 0.3) is 0 Å². The molecular weight excluding hydrogens is 441 g/mol. The van der Waals surface area contributed by atoms with E-state index >= 15 is 0 Å². The van der Waals surface area contributed by atoms with Gasteiger partial charge in [0.2, 0.25) is 0 Å². The average molecular weight is 469 g/mol. The minimum absolute atomic E-state index is 0. The maximum absolute atomic E-state index is 9.29. The predicted molar refractivity (Wildman–Crippen MR) is 118 cm³/mol. The van der Waals surface area contributed by atoms with Gasteiger partial charge in [0.15, 0.2) is 5.96 Å². The summed E-state index contributed by atoms with van der Waals surface area (Å²) in [5, 5.41) is 15.8. The molecule has 0 bridgehead atoms. The molecule has 2 aromatic rings. The lowest BCUT2D eigenvalue weighted by Crippen LogP contribution is -2.39. The van der Waals surface area contributed by atoms with Crippen LogP contribution >= 0.6 is 24.0 Å². The van der Waals surface area contributed by atoms with Crippen molar-refractivity contribution in [3.63, 3.8) is 0 Å². The molecule has 0 aliphatic rings. The summed E-state index contributed by atoms with van der Waals surface area (Å²) >= 11 is 0. The summed E-state index contributed by atoms with van der Waals surface area (Å²) in [6, 6.07) is 17.1. The Balaban J connectivity index is 0.00000338. The molecule has 0 unspecified atom stereocenters. The van der Waals surface area contributed by atoms with Crippen molar-refractivity contribution in [1.29, 1.82) is 0 Å². The van der Waals surface area contributed by atoms with Crippen LogP contribution in [0.1, 0.15) is 18.9 Å². The number of ether oxygens (including phenoxy) is 1. The third-order valence-corrected chi connectivity index (χ3v) is 3.58. The zero-order valence-electron chi connectivity index (χ0n) is 15.1. The fourth-order valence-corrected chi connectivity index (χ4v) is 2.33. The Kier molecular flexibility index (Phi) is 11.3. The van der Waals surface area contributed by atoms with Crippen molar-refractivity contribution in [2.75, 3.05) is 26.2 Å². The molecule has 0 fully saturated rings. The second-order valence-electron chi connectivity index (χ2n) is 5.62. The molecule has 0 radical (unpaired) electrons. The SMILES string of the molecule is CCNC(=NCCCc1ccc(O)cc1)NCCOc1ccccc1.I. The van der Waals surface area contributed by atoms with Gasteiger partial charge >= 0.3 is 0 Å². The van der Waals surface area contributed by atoms with Crippen molar-refractivity contribution in [2.45, 2.75) is 19.8 Å². The Labute approximate surface area is 172 Å². The maximum Gasteiger partial charge on any atom is 0.191 e. The first-order chi connectivity index (χ1) is 12.3. The molecule has 6 heteroatoms. The Morgan fingerprint density at radius 1 is 1.04 bits per heavy atom. The molecule has 0 heterocycles. The van der Waals surface area contributed by atoms with E-state index in [1.165, 1.54) is 5.56 Å². The van der Waals surface area contributed by atoms with Crippen LogP contribution in [0, 0.1) is 0 Å². The summed E-state index contributed by atoms with van der Waals surface area (Å²) in [6.45, 7) is 4.90. The minimum atomic E-state index is 0. The van der Waals surface area contributed by atoms with E-state index < -0.39 is 0 Å². The molecule has 0 saturated carbocycles. The Morgan fingerprint density at radius 2 is 1.77 bits per heavy atom. The second kappa shape index (κ2) is 13.3. The van der Waals surface area contributed by atoms with Crippen molar-refractivity contribution in [1.82, 2.24) is 10.6 Å². The second-order valence-corrected chi connectivity index (χ2v) is 5.62. The number of aromatic hydroxyl groups is 1. The van der Waals surface area contributed by atoms with E-state index in [-0.39, 0.29) is 24.0 Å². The highest BCUT2D eigenvalue weighted by Gasteiger charge is 1.98. The third kappa shape index (κ3) is 8.94. The Hall–Kier alpha value is -1.96. The molecule has 142 valence electrons. The fourth-order valence-electron chi connectivity index (χ4n) is 2.33. The van der Waals surface area contributed by atoms with Gasteiger partial charge in [-0.1, -0.05) is 30.3 Å². The fraction of sp³-hybridized carbons (Fsp3) is 0.350. The number of benzene rings is 2. The number of phenolic OH excluding ortho intramolecular Hbond substituents is 1. The lowest BCUT2D eigenvalue weighted by Gasteiger charge is -2.12. The standard InChI is InChI=1S/C20H27N3O2.HI/c1-2-21-20(23-15-16-25-19-8-4-3-5-9-19)22-14-6-7-17-10-12-18(24)13-11-17;/h3-5,8-13,24H,2,6-7,14-16H2,1H3,(H2,21,22,23);1H. The number of nitrogens with one attached hydrogen (secondary N) is 2. The number of aliphatic imine (C=N–C) groups is 1. The van der Waals surface area contributed by atoms with Crippen molar-refractivity contribution in [3.05, 3.63) is 60.2 Å². The number of para-hydroxylation sites is 1. The van der Waals surface area contributed by atoms with Crippen molar-refractivity contribution < 1.29 is 9.84 Å². The van der Waals surface area contributed by atoms with Gasteiger partial charge in [-0.15, -0.1) is 24.0 Å². The van der Waals surface area contributed by atoms with Gasteiger partial charge in [-0.2, -0.15) is 0 Å². The monoisotopic (exact) mass is 469 g/mol. The summed E-state index contributed by atoms with van der Waals surface area (Å²) in [7, 11) is 0. The van der Waals surface area contributed by atoms with E-state index in [9.17, 15) is 5.11 Å². The average Bonchev–Trinajstić information content (AvgIpc) is 2.64. The molecule has 26 heavy (non-hydrogen) atoms. The molecular formula is C20H28IN3O2. The number of phenols is 1. The first-order valence-electron chi connectivity index (χ1n) is 8.76. The van der Waals surface area contributed by atoms with E-state index in [1.807, 2.05) is 49.4 Å². The summed E-state index contributed by atoms with van der Waals surface area (Å²) in [6.07, 6.45) is 1.90. The van der Waals surface area contributed by atoms with Crippen LogP contribution < -0.4 is 15.4 Å². The maximum atomic E-state index is 9.29. The molecule has 0 atom stereocenters. The van der Waals surface area contributed by atoms with E-state index in [4.69, 9.17) is 4.74 Å². The highest BCUT2D eigenvalue weighted by Crippen LogP contribution is 2.11. The minimum Gasteiger partial charge on any atom is -0.508 e. The molecule has 0 aliphatic carbocycles. The Morgan fingerprint density at radius 3 is 2.46 bits per heavy atom. The number of guanidine groups is 1. The molecule has 2 aromatic carbocycles. The van der Waals surface area contributed by atoms with Crippen molar-refractivity contribution in [3.8, 4) is 11.5 Å². The first kappa shape index (κ1) is 22.1. The molecule has 3 N–H and O–H groups in total. The Bertz CT molecular complexity index is 633. The van der Waals surface area contributed by atoms with Gasteiger partial charge in [0, 0.05) is 13.1 Å². The summed E-state index contributed by atoms with van der Waals surface area (Å²) in [5.74, 6) is 1.99. The van der Waals surface area contributed by atoms with Gasteiger partial charge in [-0.3, -0.25) is 4.99 Å². The van der Waals surface area contributed by atoms with Gasteiger partial charge in [-0.05, 0) is 49.6 Å². The number of hydrogen-bond acceptors (Lipinski definition) is 3. The molecule has 5 nitrogen and oxygen atoms in total. The number of hydrogen-bond donors (Lipinski definition) is 3. The topological polar surface area (TPSA) is 65.9 Å². The van der Waals surface area contributed by atoms with E-state index in [0.29, 0.717) is 18.9 Å². The molecule has 2 rings (SSSR count). The highest BCUT2D eigenvalue weighted by atomic mass is 127. The summed E-state index contributed by atoms with van der Waals surface area (Å²) in [5.41, 5.74) is 1.21. The number of aryl methyl sites for hydroxylation is 1. The van der Waals surface area contributed by atoms with E-state index in [0.717, 1.165) is 37.6 Å². The van der Waals surface area contributed by atoms with Crippen LogP contribution in [0.4, 0.5) is 0 Å². The molecule has 0 amide bonds. The van der Waals surface area contributed by atoms with E-state index in [1.54, 1.807) is 12.1 Å². The normalized spacial score (nSPS) is 10.7. The third-order valence-electron chi connectivity index (χ3n) is 3.58. The molecule has 0 aliphatic heterocycles. The summed E-state index contributed by atoms with van der Waals surface area (Å²) < 4.78 is 5.66. The van der Waals surface area contributed by atoms with Crippen LogP contribution in [0.3, 0.4) is 0 Å². The van der Waals surface area contributed by atoms with Crippen LogP contribution in [-0.4, -0.2) is 37.3 Å². The zero-order chi connectivity index (χ0) is 17.7. The quantitative estimate of drug-likeness (QED) is 0.227. The zero-order valence-corrected chi connectivity index (χ0v) is 17.5. The smallest absolute Gasteiger partial charge is 0.191 e. The lowest BCUT2D eigenvalue weighted by molar-refractivity contribution is 0.322. The van der Waals surface area contributed by atoms with Gasteiger partial charge in [-0.25, -0.2) is 0 Å². The van der Waals surface area contributed by atoms with Gasteiger partial charge in [0.05, 0.1) is 6.54 Å². The van der Waals surface area contributed by atoms with Crippen LogP contribution in [0.15, 0.2) is 59.6 Å². The number of nitrogens with zero attached hydrogens (tertiary/aromatic N) is 1. The van der Waals surface area contributed by atoms with Crippen LogP contribution in [-0.2, 0) is 6.42 Å². The van der Waals surface area contributed by atoms with Crippen LogP contribution in [0.2, 0.25) is 0 Å². The molecule has 0 aromatic heterocycles. The van der Waals surface area contributed by atoms with E-state index in [2.05, 4.69) is 15.6 Å². The number of halogens is 1. The van der Waals surface area contributed by atoms with Crippen molar-refractivity contribution >= 4 is 29.9 Å².